The van der Waals surface area contributed by atoms with Gasteiger partial charge in [-0.2, -0.15) is 0 Å². The molecule has 1 fully saturated rings. The van der Waals surface area contributed by atoms with E-state index in [0.29, 0.717) is 5.69 Å². The molecule has 3 heterocycles. The van der Waals surface area contributed by atoms with Crippen LogP contribution < -0.4 is 16.0 Å². The lowest BCUT2D eigenvalue weighted by Crippen LogP contribution is -2.43. The first-order valence-corrected chi connectivity index (χ1v) is 8.80. The predicted molar refractivity (Wildman–Crippen MR) is 98.3 cm³/mol. The summed E-state index contributed by atoms with van der Waals surface area (Å²) in [5, 5.41) is 3.80. The van der Waals surface area contributed by atoms with Crippen molar-refractivity contribution >= 4 is 44.2 Å². The van der Waals surface area contributed by atoms with Crippen molar-refractivity contribution in [3.05, 3.63) is 16.9 Å². The summed E-state index contributed by atoms with van der Waals surface area (Å²) < 4.78 is 5.97. The maximum atomic E-state index is 12.2. The fourth-order valence-corrected chi connectivity index (χ4v) is 3.57. The number of hydrogen-bond acceptors (Lipinski definition) is 5. The van der Waals surface area contributed by atoms with Gasteiger partial charge in [0, 0.05) is 38.6 Å². The third kappa shape index (κ3) is 3.26. The maximum absolute atomic E-state index is 12.2. The molecule has 0 saturated carbocycles. The van der Waals surface area contributed by atoms with Gasteiger partial charge >= 0.3 is 0 Å². The highest BCUT2D eigenvalue weighted by Gasteiger charge is 2.24. The molecule has 0 aromatic carbocycles. The van der Waals surface area contributed by atoms with Gasteiger partial charge in [0.2, 0.25) is 0 Å². The number of piperidine rings is 1. The molecule has 4 N–H and O–H groups in total. The molecular formula is C16H22BrN5O2. The number of anilines is 2. The molecule has 1 aliphatic rings. The molecule has 1 aliphatic heterocycles. The number of amides is 1. The normalized spacial score (nSPS) is 19.5. The van der Waals surface area contributed by atoms with E-state index >= 15 is 0 Å². The van der Waals surface area contributed by atoms with Gasteiger partial charge in [-0.3, -0.25) is 4.79 Å². The second-order valence-corrected chi connectivity index (χ2v) is 6.95. The van der Waals surface area contributed by atoms with Gasteiger partial charge in [0.05, 0.1) is 21.2 Å². The maximum Gasteiger partial charge on any atom is 0.253 e. The van der Waals surface area contributed by atoms with Crippen LogP contribution in [0.5, 0.6) is 0 Å². The minimum absolute atomic E-state index is 0.152. The highest BCUT2D eigenvalue weighted by molar-refractivity contribution is 9.10. The topological polar surface area (TPSA) is 96.3 Å². The SMILES string of the molecule is COC(C)C(=O)Nc1c[nH]c2ncc(Br)c(N3CCCC(N)C3)c12. The molecular weight excluding hydrogens is 374 g/mol. The summed E-state index contributed by atoms with van der Waals surface area (Å²) in [4.78, 5) is 22.0. The van der Waals surface area contributed by atoms with E-state index in [0.717, 1.165) is 47.1 Å². The number of carbonyl (C=O) groups excluding carboxylic acids is 1. The second kappa shape index (κ2) is 7.08. The van der Waals surface area contributed by atoms with Crippen LogP contribution in [0.25, 0.3) is 11.0 Å². The molecule has 0 aliphatic carbocycles. The molecule has 3 rings (SSSR count). The van der Waals surface area contributed by atoms with E-state index in [4.69, 9.17) is 10.5 Å². The molecule has 2 aromatic rings. The number of ether oxygens (including phenoxy) is 1. The van der Waals surface area contributed by atoms with Crippen molar-refractivity contribution in [2.45, 2.75) is 31.9 Å². The number of hydrogen-bond donors (Lipinski definition) is 3. The number of halogens is 1. The number of nitrogens with one attached hydrogen (secondary N) is 2. The Kier molecular flexibility index (Phi) is 5.07. The van der Waals surface area contributed by atoms with Gasteiger partial charge in [0.1, 0.15) is 11.8 Å². The lowest BCUT2D eigenvalue weighted by molar-refractivity contribution is -0.124. The number of nitrogens with zero attached hydrogens (tertiary/aromatic N) is 2. The third-order valence-corrected chi connectivity index (χ3v) is 4.96. The molecule has 2 unspecified atom stereocenters. The zero-order valence-electron chi connectivity index (χ0n) is 13.8. The summed E-state index contributed by atoms with van der Waals surface area (Å²) in [5.41, 5.74) is 8.58. The van der Waals surface area contributed by atoms with Crippen LogP contribution in [0.3, 0.4) is 0 Å². The van der Waals surface area contributed by atoms with Gasteiger partial charge < -0.3 is 25.7 Å². The summed E-state index contributed by atoms with van der Waals surface area (Å²) in [6, 6.07) is 0.152. The van der Waals surface area contributed by atoms with E-state index in [1.165, 1.54) is 7.11 Å². The summed E-state index contributed by atoms with van der Waals surface area (Å²) in [7, 11) is 1.51. The number of nitrogens with two attached hydrogens (primary N) is 1. The Hall–Kier alpha value is -1.64. The van der Waals surface area contributed by atoms with E-state index in [1.807, 2.05) is 0 Å². The summed E-state index contributed by atoms with van der Waals surface area (Å²) >= 11 is 3.60. The lowest BCUT2D eigenvalue weighted by Gasteiger charge is -2.33. The van der Waals surface area contributed by atoms with Gasteiger partial charge in [0.15, 0.2) is 0 Å². The number of methoxy groups -OCH3 is 1. The van der Waals surface area contributed by atoms with Gasteiger partial charge in [-0.25, -0.2) is 4.98 Å². The lowest BCUT2D eigenvalue weighted by atomic mass is 10.1. The van der Waals surface area contributed by atoms with Crippen molar-refractivity contribution in [1.29, 1.82) is 0 Å². The van der Waals surface area contributed by atoms with E-state index in [1.54, 1.807) is 19.3 Å². The number of aromatic amines is 1. The van der Waals surface area contributed by atoms with Crippen LogP contribution in [0.15, 0.2) is 16.9 Å². The summed E-state index contributed by atoms with van der Waals surface area (Å²) in [6.45, 7) is 3.42. The number of pyridine rings is 1. The fourth-order valence-electron chi connectivity index (χ4n) is 3.02. The van der Waals surface area contributed by atoms with Gasteiger partial charge in [0.25, 0.3) is 5.91 Å². The van der Waals surface area contributed by atoms with Crippen LogP contribution in [0.1, 0.15) is 19.8 Å². The first-order chi connectivity index (χ1) is 11.5. The molecule has 2 aromatic heterocycles. The van der Waals surface area contributed by atoms with Crippen LogP contribution >= 0.6 is 15.9 Å². The fraction of sp³-hybridized carbons (Fsp3) is 0.500. The Morgan fingerprint density at radius 2 is 2.42 bits per heavy atom. The van der Waals surface area contributed by atoms with Gasteiger partial charge in [-0.15, -0.1) is 0 Å². The van der Waals surface area contributed by atoms with Crippen molar-refractivity contribution in [3.63, 3.8) is 0 Å². The van der Waals surface area contributed by atoms with E-state index < -0.39 is 6.10 Å². The zero-order valence-corrected chi connectivity index (χ0v) is 15.4. The van der Waals surface area contributed by atoms with Crippen molar-refractivity contribution in [2.75, 3.05) is 30.4 Å². The predicted octanol–water partition coefficient (Wildman–Crippen LogP) is 2.23. The molecule has 24 heavy (non-hydrogen) atoms. The molecule has 1 amide bonds. The van der Waals surface area contributed by atoms with Crippen molar-refractivity contribution in [2.24, 2.45) is 5.73 Å². The van der Waals surface area contributed by atoms with E-state index in [2.05, 4.69) is 36.1 Å². The minimum Gasteiger partial charge on any atom is -0.372 e. The minimum atomic E-state index is -0.526. The second-order valence-electron chi connectivity index (χ2n) is 6.10. The number of rotatable bonds is 4. The molecule has 7 nitrogen and oxygen atoms in total. The van der Waals surface area contributed by atoms with Crippen LogP contribution in [0, 0.1) is 0 Å². The first kappa shape index (κ1) is 17.2. The molecule has 0 spiro atoms. The number of aromatic nitrogens is 2. The molecule has 2 atom stereocenters. The number of carbonyl (C=O) groups is 1. The Bertz CT molecular complexity index is 747. The zero-order chi connectivity index (χ0) is 17.3. The molecule has 0 radical (unpaired) electrons. The Morgan fingerprint density at radius 3 is 3.12 bits per heavy atom. The van der Waals surface area contributed by atoms with Crippen LogP contribution in [-0.2, 0) is 9.53 Å². The summed E-state index contributed by atoms with van der Waals surface area (Å²) in [5.74, 6) is -0.195. The van der Waals surface area contributed by atoms with E-state index in [-0.39, 0.29) is 11.9 Å². The van der Waals surface area contributed by atoms with Crippen LogP contribution in [0.4, 0.5) is 11.4 Å². The molecule has 8 heteroatoms. The Morgan fingerprint density at radius 1 is 1.62 bits per heavy atom. The average molecular weight is 396 g/mol. The van der Waals surface area contributed by atoms with Crippen LogP contribution in [-0.4, -0.2) is 48.2 Å². The van der Waals surface area contributed by atoms with Crippen molar-refractivity contribution < 1.29 is 9.53 Å². The average Bonchev–Trinajstić information content (AvgIpc) is 2.96. The van der Waals surface area contributed by atoms with Gasteiger partial charge in [-0.1, -0.05) is 0 Å². The quantitative estimate of drug-likeness (QED) is 0.737. The van der Waals surface area contributed by atoms with Crippen LogP contribution in [0.2, 0.25) is 0 Å². The highest BCUT2D eigenvalue weighted by Crippen LogP contribution is 2.38. The van der Waals surface area contributed by atoms with E-state index in [9.17, 15) is 4.79 Å². The largest absolute Gasteiger partial charge is 0.372 e. The van der Waals surface area contributed by atoms with Crippen molar-refractivity contribution in [3.8, 4) is 0 Å². The number of fused-ring (bicyclic) bond motifs is 1. The van der Waals surface area contributed by atoms with Gasteiger partial charge in [-0.05, 0) is 35.7 Å². The third-order valence-electron chi connectivity index (χ3n) is 4.38. The number of H-pyrrole nitrogens is 1. The monoisotopic (exact) mass is 395 g/mol. The molecule has 0 bridgehead atoms. The first-order valence-electron chi connectivity index (χ1n) is 8.01. The highest BCUT2D eigenvalue weighted by atomic mass is 79.9. The molecule has 1 saturated heterocycles. The standard InChI is InChI=1S/C16H22BrN5O2/c1-9(24-2)16(23)21-12-7-20-15-13(12)14(11(17)6-19-15)22-5-3-4-10(18)8-22/h6-7,9-10H,3-5,8,18H2,1-2H3,(H,19,20)(H,21,23). The Labute approximate surface area is 149 Å². The Balaban J connectivity index is 2.02. The summed E-state index contributed by atoms with van der Waals surface area (Å²) in [6.07, 6.45) is 5.09. The molecule has 130 valence electrons. The van der Waals surface area contributed by atoms with Crippen molar-refractivity contribution in [1.82, 2.24) is 9.97 Å². The smallest absolute Gasteiger partial charge is 0.253 e.